The summed E-state index contributed by atoms with van der Waals surface area (Å²) in [6.45, 7) is 0.443. The van der Waals surface area contributed by atoms with Crippen molar-refractivity contribution in [3.63, 3.8) is 0 Å². The highest BCUT2D eigenvalue weighted by molar-refractivity contribution is 7.80. The summed E-state index contributed by atoms with van der Waals surface area (Å²) >= 11 is 5.14. The van der Waals surface area contributed by atoms with E-state index in [-0.39, 0.29) is 0 Å². The van der Waals surface area contributed by atoms with Crippen LogP contribution >= 0.6 is 24.2 Å². The highest BCUT2D eigenvalue weighted by Crippen LogP contribution is 2.17. The minimum atomic E-state index is 0.437. The van der Waals surface area contributed by atoms with Crippen molar-refractivity contribution < 1.29 is 9.15 Å². The fourth-order valence-electron chi connectivity index (χ4n) is 0.781. The predicted octanol–water partition coefficient (Wildman–Crippen LogP) is 2.00. The highest BCUT2D eigenvalue weighted by atomic mass is 32.1. The van der Waals surface area contributed by atoms with Gasteiger partial charge in [0.15, 0.2) is 0 Å². The minimum Gasteiger partial charge on any atom is -0.472 e. The number of ether oxygens (including phenoxy) is 1. The quantitative estimate of drug-likeness (QED) is 0.794. The van der Waals surface area contributed by atoms with E-state index < -0.39 is 0 Å². The second-order valence-corrected chi connectivity index (χ2v) is 3.39. The van der Waals surface area contributed by atoms with Crippen LogP contribution in [0.25, 0.3) is 0 Å². The van der Waals surface area contributed by atoms with Gasteiger partial charge < -0.3 is 9.15 Å². The third-order valence-corrected chi connectivity index (χ3v) is 2.30. The molecule has 0 unspecified atom stereocenters. The van der Waals surface area contributed by atoms with Crippen molar-refractivity contribution in [1.82, 2.24) is 9.36 Å². The van der Waals surface area contributed by atoms with E-state index in [0.717, 1.165) is 5.56 Å². The number of hydrogen-bond acceptors (Lipinski definition) is 6. The van der Waals surface area contributed by atoms with Gasteiger partial charge in [-0.25, -0.2) is 0 Å². The Morgan fingerprint density at radius 3 is 3.15 bits per heavy atom. The van der Waals surface area contributed by atoms with Crippen LogP contribution in [0.3, 0.4) is 0 Å². The molecule has 4 nitrogen and oxygen atoms in total. The molecule has 0 atom stereocenters. The lowest BCUT2D eigenvalue weighted by atomic mass is 10.4. The van der Waals surface area contributed by atoms with Crippen molar-refractivity contribution in [3.05, 3.63) is 24.2 Å². The Labute approximate surface area is 84.1 Å². The van der Waals surface area contributed by atoms with E-state index in [1.165, 1.54) is 11.5 Å². The smallest absolute Gasteiger partial charge is 0.294 e. The molecule has 13 heavy (non-hydrogen) atoms. The van der Waals surface area contributed by atoms with E-state index in [4.69, 9.17) is 9.15 Å². The molecular formula is C7H6N2O2S2. The molecule has 2 aromatic rings. The maximum atomic E-state index is 5.31. The van der Waals surface area contributed by atoms with E-state index >= 15 is 0 Å². The molecule has 0 radical (unpaired) electrons. The lowest BCUT2D eigenvalue weighted by Crippen LogP contribution is -1.92. The molecule has 6 heteroatoms. The Kier molecular flexibility index (Phi) is 2.51. The Morgan fingerprint density at radius 2 is 2.54 bits per heavy atom. The van der Waals surface area contributed by atoms with Crippen molar-refractivity contribution >= 4 is 24.2 Å². The fourth-order valence-corrected chi connectivity index (χ4v) is 1.50. The van der Waals surface area contributed by atoms with Gasteiger partial charge in [0.05, 0.1) is 12.5 Å². The Hall–Kier alpha value is -1.01. The van der Waals surface area contributed by atoms with Crippen molar-refractivity contribution in [1.29, 1.82) is 0 Å². The van der Waals surface area contributed by atoms with Crippen LogP contribution in [-0.4, -0.2) is 9.36 Å². The molecule has 0 aromatic carbocycles. The van der Waals surface area contributed by atoms with Crippen LogP contribution < -0.4 is 4.74 Å². The van der Waals surface area contributed by atoms with E-state index in [1.54, 1.807) is 12.5 Å². The maximum absolute atomic E-state index is 5.31. The molecular weight excluding hydrogens is 208 g/mol. The van der Waals surface area contributed by atoms with Crippen LogP contribution in [0.1, 0.15) is 5.56 Å². The molecule has 0 bridgehead atoms. The highest BCUT2D eigenvalue weighted by Gasteiger charge is 2.02. The zero-order valence-corrected chi connectivity index (χ0v) is 8.22. The van der Waals surface area contributed by atoms with E-state index in [9.17, 15) is 0 Å². The summed E-state index contributed by atoms with van der Waals surface area (Å²) in [7, 11) is 0. The number of thiol groups is 1. The number of rotatable bonds is 3. The summed E-state index contributed by atoms with van der Waals surface area (Å²) in [4.78, 5) is 3.93. The average molecular weight is 214 g/mol. The lowest BCUT2D eigenvalue weighted by molar-refractivity contribution is 0.301. The zero-order valence-electron chi connectivity index (χ0n) is 6.51. The molecule has 2 heterocycles. The van der Waals surface area contributed by atoms with E-state index in [2.05, 4.69) is 22.0 Å². The molecule has 0 N–H and O–H groups in total. The molecule has 2 rings (SSSR count). The zero-order chi connectivity index (χ0) is 9.10. The SMILES string of the molecule is Sc1nsc(OCc2ccoc2)n1. The molecule has 0 amide bonds. The number of aromatic nitrogens is 2. The number of furan rings is 1. The van der Waals surface area contributed by atoms with Gasteiger partial charge in [0.1, 0.15) is 6.61 Å². The maximum Gasteiger partial charge on any atom is 0.294 e. The first-order chi connectivity index (χ1) is 6.34. The van der Waals surface area contributed by atoms with Gasteiger partial charge in [-0.15, -0.1) is 12.6 Å². The topological polar surface area (TPSA) is 48.2 Å². The van der Waals surface area contributed by atoms with Crippen LogP contribution in [0.15, 0.2) is 28.2 Å². The van der Waals surface area contributed by atoms with Crippen LogP contribution in [0, 0.1) is 0 Å². The van der Waals surface area contributed by atoms with Gasteiger partial charge in [-0.05, 0) is 6.07 Å². The van der Waals surface area contributed by atoms with Gasteiger partial charge in [0, 0.05) is 17.1 Å². The monoisotopic (exact) mass is 214 g/mol. The second-order valence-electron chi connectivity index (χ2n) is 2.28. The van der Waals surface area contributed by atoms with E-state index in [0.29, 0.717) is 17.0 Å². The summed E-state index contributed by atoms with van der Waals surface area (Å²) < 4.78 is 14.1. The van der Waals surface area contributed by atoms with Crippen molar-refractivity contribution in [2.24, 2.45) is 0 Å². The Bertz CT molecular complexity index is 372. The minimum absolute atomic E-state index is 0.437. The third-order valence-electron chi connectivity index (χ3n) is 1.34. The average Bonchev–Trinajstić information content (AvgIpc) is 2.71. The first-order valence-electron chi connectivity index (χ1n) is 3.51. The standard InChI is InChI=1S/C7H6N2O2S2/c12-6-8-7(13-9-6)11-4-5-1-2-10-3-5/h1-3H,4H2,(H,9,12). The largest absolute Gasteiger partial charge is 0.472 e. The van der Waals surface area contributed by atoms with Crippen LogP contribution in [0.2, 0.25) is 0 Å². The molecule has 0 fully saturated rings. The summed E-state index contributed by atoms with van der Waals surface area (Å²) in [6.07, 6.45) is 3.23. The summed E-state index contributed by atoms with van der Waals surface area (Å²) in [5.41, 5.74) is 0.968. The van der Waals surface area contributed by atoms with Gasteiger partial charge >= 0.3 is 0 Å². The Morgan fingerprint density at radius 1 is 1.62 bits per heavy atom. The van der Waals surface area contributed by atoms with Gasteiger partial charge in [0.25, 0.3) is 5.19 Å². The molecule has 68 valence electrons. The summed E-state index contributed by atoms with van der Waals surface area (Å²) in [5.74, 6) is 0. The van der Waals surface area contributed by atoms with Crippen LogP contribution in [-0.2, 0) is 6.61 Å². The second kappa shape index (κ2) is 3.80. The van der Waals surface area contributed by atoms with Crippen molar-refractivity contribution in [2.75, 3.05) is 0 Å². The number of nitrogens with zero attached hydrogens (tertiary/aromatic N) is 2. The molecule has 0 saturated carbocycles. The van der Waals surface area contributed by atoms with Crippen molar-refractivity contribution in [2.45, 2.75) is 11.8 Å². The lowest BCUT2D eigenvalue weighted by Gasteiger charge is -1.96. The first-order valence-corrected chi connectivity index (χ1v) is 4.73. The Balaban J connectivity index is 1.93. The molecule has 0 aliphatic heterocycles. The van der Waals surface area contributed by atoms with Gasteiger partial charge in [-0.2, -0.15) is 9.36 Å². The molecule has 0 aliphatic carbocycles. The number of hydrogen-bond donors (Lipinski definition) is 1. The van der Waals surface area contributed by atoms with Crippen molar-refractivity contribution in [3.8, 4) is 5.19 Å². The molecule has 2 aromatic heterocycles. The van der Waals surface area contributed by atoms with Gasteiger partial charge in [-0.3, -0.25) is 0 Å². The summed E-state index contributed by atoms with van der Waals surface area (Å²) in [5, 5.41) is 0.957. The van der Waals surface area contributed by atoms with E-state index in [1.807, 2.05) is 6.07 Å². The predicted molar refractivity (Wildman–Crippen MR) is 50.2 cm³/mol. The normalized spacial score (nSPS) is 10.2. The van der Waals surface area contributed by atoms with Gasteiger partial charge in [-0.1, -0.05) is 0 Å². The fraction of sp³-hybridized carbons (Fsp3) is 0.143. The first kappa shape index (κ1) is 8.58. The summed E-state index contributed by atoms with van der Waals surface area (Å²) in [6, 6.07) is 1.84. The van der Waals surface area contributed by atoms with Gasteiger partial charge in [0.2, 0.25) is 5.16 Å². The molecule has 0 saturated heterocycles. The van der Waals surface area contributed by atoms with Crippen LogP contribution in [0.4, 0.5) is 0 Å². The van der Waals surface area contributed by atoms with Crippen LogP contribution in [0.5, 0.6) is 5.19 Å². The molecule has 0 aliphatic rings. The molecule has 0 spiro atoms. The third kappa shape index (κ3) is 2.22.